The van der Waals surface area contributed by atoms with Crippen LogP contribution in [0.1, 0.15) is 32.3 Å². The van der Waals surface area contributed by atoms with Gasteiger partial charge >= 0.3 is 17.9 Å². The third-order valence-electron chi connectivity index (χ3n) is 3.72. The van der Waals surface area contributed by atoms with Crippen LogP contribution < -0.4 is 22.9 Å². The van der Waals surface area contributed by atoms with Crippen LogP contribution in [0.25, 0.3) is 0 Å². The summed E-state index contributed by atoms with van der Waals surface area (Å²) in [5.41, 5.74) is 21.5. The van der Waals surface area contributed by atoms with Crippen molar-refractivity contribution in [3.8, 4) is 0 Å². The van der Waals surface area contributed by atoms with E-state index >= 15 is 0 Å². The topological polar surface area (TPSA) is 277 Å². The molecule has 0 aliphatic rings. The average Bonchev–Trinajstić information content (AvgIpc) is 2.78. The van der Waals surface area contributed by atoms with Crippen LogP contribution in [0.2, 0.25) is 0 Å². The Hall–Kier alpha value is -2.65. The SMILES string of the molecule is CC(O)CO.C[C@@H](O)[C@H](N)C(=O)O.NCCC[C@H](N)C(=O)O.N[C@@H](Cc1ccccc1)C(=O)O. The molecule has 0 amide bonds. The smallest absolute Gasteiger partial charge is 0.323 e. The second-order valence-corrected chi connectivity index (χ2v) is 7.15. The van der Waals surface area contributed by atoms with Gasteiger partial charge in [-0.05, 0) is 45.2 Å². The lowest BCUT2D eigenvalue weighted by Gasteiger charge is -2.06. The van der Waals surface area contributed by atoms with Gasteiger partial charge < -0.3 is 53.6 Å². The third kappa shape index (κ3) is 24.0. The minimum atomic E-state index is -1.18. The molecule has 0 bridgehead atoms. The van der Waals surface area contributed by atoms with Crippen LogP contribution >= 0.6 is 0 Å². The highest BCUT2D eigenvalue weighted by atomic mass is 16.4. The number of aliphatic hydroxyl groups is 3. The Labute approximate surface area is 199 Å². The van der Waals surface area contributed by atoms with Gasteiger partial charge in [0.25, 0.3) is 0 Å². The summed E-state index contributed by atoms with van der Waals surface area (Å²) in [6.07, 6.45) is -0.0161. The molecule has 0 saturated heterocycles. The van der Waals surface area contributed by atoms with E-state index in [4.69, 9.17) is 53.6 Å². The molecule has 0 heterocycles. The number of benzene rings is 1. The summed E-state index contributed by atoms with van der Waals surface area (Å²) < 4.78 is 0. The van der Waals surface area contributed by atoms with Crippen molar-refractivity contribution in [2.24, 2.45) is 22.9 Å². The van der Waals surface area contributed by atoms with Crippen LogP contribution in [0.5, 0.6) is 0 Å². The fraction of sp³-hybridized carbons (Fsp3) is 0.571. The predicted molar refractivity (Wildman–Crippen MR) is 126 cm³/mol. The van der Waals surface area contributed by atoms with Crippen molar-refractivity contribution in [2.45, 2.75) is 63.4 Å². The number of aliphatic hydroxyl groups excluding tert-OH is 3. The Morgan fingerprint density at radius 3 is 1.56 bits per heavy atom. The van der Waals surface area contributed by atoms with Gasteiger partial charge in [0.15, 0.2) is 0 Å². The molecule has 0 aromatic heterocycles. The lowest BCUT2D eigenvalue weighted by molar-refractivity contribution is -0.141. The highest BCUT2D eigenvalue weighted by molar-refractivity contribution is 5.74. The molecule has 13 heteroatoms. The van der Waals surface area contributed by atoms with E-state index in [0.29, 0.717) is 25.8 Å². The maximum atomic E-state index is 10.4. The van der Waals surface area contributed by atoms with Crippen molar-refractivity contribution in [2.75, 3.05) is 13.2 Å². The van der Waals surface area contributed by atoms with Crippen LogP contribution in [-0.2, 0) is 20.8 Å². The first-order valence-corrected chi connectivity index (χ1v) is 10.4. The molecule has 0 radical (unpaired) electrons. The van der Waals surface area contributed by atoms with E-state index in [1.165, 1.54) is 13.8 Å². The zero-order valence-electron chi connectivity index (χ0n) is 19.5. The van der Waals surface area contributed by atoms with E-state index in [2.05, 4.69) is 0 Å². The van der Waals surface area contributed by atoms with E-state index in [9.17, 15) is 14.4 Å². The fourth-order valence-corrected chi connectivity index (χ4v) is 1.62. The number of carbonyl (C=O) groups is 3. The van der Waals surface area contributed by atoms with E-state index in [-0.39, 0.29) is 6.61 Å². The maximum Gasteiger partial charge on any atom is 0.323 e. The predicted octanol–water partition coefficient (Wildman–Crippen LogP) is -2.08. The Morgan fingerprint density at radius 2 is 1.29 bits per heavy atom. The third-order valence-corrected chi connectivity index (χ3v) is 3.72. The van der Waals surface area contributed by atoms with Crippen molar-refractivity contribution in [1.29, 1.82) is 0 Å². The second kappa shape index (κ2) is 22.2. The Balaban J connectivity index is -0.000000395. The molecular formula is C21H40N4O9. The molecule has 0 spiro atoms. The molecule has 198 valence electrons. The molecule has 34 heavy (non-hydrogen) atoms. The molecule has 5 atom stereocenters. The average molecular weight is 493 g/mol. The molecule has 1 unspecified atom stereocenters. The van der Waals surface area contributed by atoms with Crippen LogP contribution in [0.4, 0.5) is 0 Å². The summed E-state index contributed by atoms with van der Waals surface area (Å²) in [4.78, 5) is 30.3. The standard InChI is InChI=1S/C9H11NO2.C5H12N2O2.C4H9NO3.C3H8O2/c10-8(9(11)12)6-7-4-2-1-3-5-7;6-3-1-2-4(7)5(8)9;1-2(6)3(5)4(7)8;1-3(5)2-4/h1-5,8H,6,10H2,(H,11,12);4H,1-3,6-7H2,(H,8,9);2-3,6H,5H2,1H3,(H,7,8);3-5H,2H2,1H3/t8-;4-;2-,3+;/m001./s1. The molecule has 1 rings (SSSR count). The van der Waals surface area contributed by atoms with Crippen molar-refractivity contribution in [1.82, 2.24) is 0 Å². The first-order valence-electron chi connectivity index (χ1n) is 10.4. The molecule has 0 saturated carbocycles. The Kier molecular flexibility index (Phi) is 23.4. The van der Waals surface area contributed by atoms with E-state index in [1.54, 1.807) is 0 Å². The van der Waals surface area contributed by atoms with E-state index in [1.807, 2.05) is 30.3 Å². The number of rotatable bonds is 10. The van der Waals surface area contributed by atoms with Gasteiger partial charge in [0, 0.05) is 0 Å². The minimum Gasteiger partial charge on any atom is -0.480 e. The van der Waals surface area contributed by atoms with Crippen LogP contribution in [-0.4, -0.2) is 92.0 Å². The Morgan fingerprint density at radius 1 is 0.853 bits per heavy atom. The van der Waals surface area contributed by atoms with Gasteiger partial charge in [-0.15, -0.1) is 0 Å². The van der Waals surface area contributed by atoms with Crippen molar-refractivity contribution in [3.05, 3.63) is 35.9 Å². The second-order valence-electron chi connectivity index (χ2n) is 7.15. The number of nitrogens with two attached hydrogens (primary N) is 4. The number of aliphatic carboxylic acids is 3. The van der Waals surface area contributed by atoms with E-state index in [0.717, 1.165) is 5.56 Å². The van der Waals surface area contributed by atoms with Gasteiger partial charge in [-0.3, -0.25) is 14.4 Å². The molecule has 1 aromatic carbocycles. The summed E-state index contributed by atoms with van der Waals surface area (Å²) in [5.74, 6) is -3.10. The van der Waals surface area contributed by atoms with Crippen LogP contribution in [0, 0.1) is 0 Å². The molecule has 0 fully saturated rings. The number of carboxylic acid groups (broad SMARTS) is 3. The van der Waals surface area contributed by atoms with Gasteiger partial charge in [-0.2, -0.15) is 0 Å². The quantitative estimate of drug-likeness (QED) is 0.168. The molecule has 0 aliphatic carbocycles. The lowest BCUT2D eigenvalue weighted by atomic mass is 10.1. The molecule has 0 aliphatic heterocycles. The van der Waals surface area contributed by atoms with Gasteiger partial charge in [0.1, 0.15) is 18.1 Å². The first-order chi connectivity index (χ1) is 15.7. The monoisotopic (exact) mass is 492 g/mol. The zero-order valence-corrected chi connectivity index (χ0v) is 19.5. The van der Waals surface area contributed by atoms with Gasteiger partial charge in [-0.25, -0.2) is 0 Å². The minimum absolute atomic E-state index is 0.139. The largest absolute Gasteiger partial charge is 0.480 e. The van der Waals surface area contributed by atoms with Crippen LogP contribution in [0.3, 0.4) is 0 Å². The molecule has 14 N–H and O–H groups in total. The maximum absolute atomic E-state index is 10.4. The van der Waals surface area contributed by atoms with Crippen LogP contribution in [0.15, 0.2) is 30.3 Å². The highest BCUT2D eigenvalue weighted by Crippen LogP contribution is 2.01. The lowest BCUT2D eigenvalue weighted by Crippen LogP contribution is -2.39. The van der Waals surface area contributed by atoms with Gasteiger partial charge in [0.05, 0.1) is 18.8 Å². The summed E-state index contributed by atoms with van der Waals surface area (Å²) in [7, 11) is 0. The number of carboxylic acids is 3. The highest BCUT2D eigenvalue weighted by Gasteiger charge is 2.16. The van der Waals surface area contributed by atoms with Gasteiger partial charge in [-0.1, -0.05) is 30.3 Å². The first kappa shape index (κ1) is 35.9. The Bertz CT molecular complexity index is 661. The molecule has 1 aromatic rings. The van der Waals surface area contributed by atoms with Crippen molar-refractivity contribution < 1.29 is 45.0 Å². The summed E-state index contributed by atoms with van der Waals surface area (Å²) >= 11 is 0. The summed E-state index contributed by atoms with van der Waals surface area (Å²) in [6, 6.07) is 6.64. The number of hydrogen-bond donors (Lipinski definition) is 10. The summed E-state index contributed by atoms with van der Waals surface area (Å²) in [5, 5.41) is 49.3. The molecule has 13 nitrogen and oxygen atoms in total. The van der Waals surface area contributed by atoms with Crippen molar-refractivity contribution >= 4 is 17.9 Å². The fourth-order valence-electron chi connectivity index (χ4n) is 1.62. The van der Waals surface area contributed by atoms with Gasteiger partial charge in [0.2, 0.25) is 0 Å². The molecular weight excluding hydrogens is 452 g/mol. The van der Waals surface area contributed by atoms with E-state index < -0.39 is 48.2 Å². The number of hydrogen-bond acceptors (Lipinski definition) is 10. The normalized spacial score (nSPS) is 14.1. The van der Waals surface area contributed by atoms with Crippen molar-refractivity contribution in [3.63, 3.8) is 0 Å². The summed E-state index contributed by atoms with van der Waals surface area (Å²) in [6.45, 7) is 3.22. The zero-order chi connectivity index (χ0) is 27.3.